The maximum absolute atomic E-state index is 11.8. The van der Waals surface area contributed by atoms with Gasteiger partial charge in [0.2, 0.25) is 11.8 Å². The van der Waals surface area contributed by atoms with Gasteiger partial charge in [0.15, 0.2) is 5.17 Å². The predicted molar refractivity (Wildman–Crippen MR) is 83.1 cm³/mol. The summed E-state index contributed by atoms with van der Waals surface area (Å²) in [6.07, 6.45) is 2.73. The molecule has 0 aromatic carbocycles. The topological polar surface area (TPSA) is 133 Å². The van der Waals surface area contributed by atoms with Gasteiger partial charge in [0.1, 0.15) is 17.1 Å². The summed E-state index contributed by atoms with van der Waals surface area (Å²) < 4.78 is 5.04. The van der Waals surface area contributed by atoms with Crippen LogP contribution in [-0.2, 0) is 14.4 Å². The number of amides is 2. The molecule has 2 rings (SSSR count). The molecule has 2 unspecified atom stereocenters. The Morgan fingerprint density at radius 2 is 2.39 bits per heavy atom. The Bertz CT molecular complexity index is 655. The highest BCUT2D eigenvalue weighted by molar-refractivity contribution is 8.15. The van der Waals surface area contributed by atoms with Crippen LogP contribution in [0, 0.1) is 0 Å². The third kappa shape index (κ3) is 4.95. The Morgan fingerprint density at radius 1 is 1.61 bits per heavy atom. The maximum Gasteiger partial charge on any atom is 0.325 e. The molecule has 0 saturated carbocycles. The third-order valence-electron chi connectivity index (χ3n) is 2.77. The molecule has 0 spiro atoms. The first kappa shape index (κ1) is 16.7. The van der Waals surface area contributed by atoms with Gasteiger partial charge in [-0.1, -0.05) is 11.8 Å². The molecule has 1 aliphatic rings. The van der Waals surface area contributed by atoms with E-state index in [1.807, 2.05) is 0 Å². The lowest BCUT2D eigenvalue weighted by Crippen LogP contribution is -2.40. The minimum Gasteiger partial charge on any atom is -0.480 e. The second kappa shape index (κ2) is 7.58. The van der Waals surface area contributed by atoms with Crippen molar-refractivity contribution in [3.8, 4) is 0 Å². The fourth-order valence-electron chi connectivity index (χ4n) is 1.62. The zero-order valence-electron chi connectivity index (χ0n) is 12.1. The number of furan rings is 1. The average molecular weight is 338 g/mol. The molecular weight excluding hydrogens is 324 g/mol. The van der Waals surface area contributed by atoms with Crippen LogP contribution in [0.5, 0.6) is 0 Å². The van der Waals surface area contributed by atoms with Gasteiger partial charge in [-0.15, -0.1) is 5.10 Å². The molecule has 2 atom stereocenters. The molecule has 1 saturated heterocycles. The summed E-state index contributed by atoms with van der Waals surface area (Å²) in [5.41, 5.74) is 0. The number of carbonyl (C=O) groups is 3. The van der Waals surface area contributed by atoms with Crippen molar-refractivity contribution in [2.75, 3.05) is 0 Å². The second-order valence-corrected chi connectivity index (χ2v) is 5.78. The van der Waals surface area contributed by atoms with Crippen LogP contribution in [0.2, 0.25) is 0 Å². The Kier molecular flexibility index (Phi) is 5.52. The number of aliphatic carboxylic acids is 1. The van der Waals surface area contributed by atoms with Gasteiger partial charge in [-0.25, -0.2) is 0 Å². The Hall–Kier alpha value is -2.62. The number of amidine groups is 1. The molecule has 9 nitrogen and oxygen atoms in total. The Labute approximate surface area is 135 Å². The van der Waals surface area contributed by atoms with Gasteiger partial charge in [0.05, 0.1) is 12.5 Å². The van der Waals surface area contributed by atoms with Crippen molar-refractivity contribution in [2.45, 2.75) is 24.6 Å². The second-order valence-electron chi connectivity index (χ2n) is 4.59. The highest BCUT2D eigenvalue weighted by atomic mass is 32.2. The maximum atomic E-state index is 11.8. The molecule has 1 aromatic heterocycles. The van der Waals surface area contributed by atoms with Crippen LogP contribution >= 0.6 is 11.8 Å². The van der Waals surface area contributed by atoms with Crippen molar-refractivity contribution in [1.29, 1.82) is 0 Å². The number of hydrogen-bond donors (Lipinski definition) is 3. The molecule has 0 aliphatic carbocycles. The van der Waals surface area contributed by atoms with Crippen LogP contribution in [-0.4, -0.2) is 45.6 Å². The van der Waals surface area contributed by atoms with Crippen LogP contribution in [0.1, 0.15) is 19.1 Å². The number of rotatable bonds is 6. The summed E-state index contributed by atoms with van der Waals surface area (Å²) in [5, 5.41) is 20.7. The fourth-order valence-corrected chi connectivity index (χ4v) is 2.54. The summed E-state index contributed by atoms with van der Waals surface area (Å²) in [6, 6.07) is 2.39. The zero-order chi connectivity index (χ0) is 16.8. The van der Waals surface area contributed by atoms with Crippen molar-refractivity contribution < 1.29 is 23.9 Å². The van der Waals surface area contributed by atoms with E-state index < -0.39 is 23.2 Å². The molecule has 122 valence electrons. The molecule has 0 bridgehead atoms. The van der Waals surface area contributed by atoms with Crippen LogP contribution in [0.25, 0.3) is 0 Å². The van der Waals surface area contributed by atoms with Gasteiger partial charge in [0.25, 0.3) is 0 Å². The summed E-state index contributed by atoms with van der Waals surface area (Å²) >= 11 is 1.06. The van der Waals surface area contributed by atoms with E-state index in [0.29, 0.717) is 5.76 Å². The van der Waals surface area contributed by atoms with Gasteiger partial charge in [-0.05, 0) is 19.1 Å². The first-order valence-corrected chi connectivity index (χ1v) is 7.48. The standard InChI is InChI=1S/C13H14N4O5S/c1-7(12(20)21)15-10(18)5-9-11(19)16-13(23-9)17-14-6-8-3-2-4-22-8/h2-4,6-7,9H,5H2,1H3,(H,15,18)(H,20,21)(H,16,17,19)/b14-6-. The third-order valence-corrected chi connectivity index (χ3v) is 3.84. The zero-order valence-corrected chi connectivity index (χ0v) is 12.9. The molecule has 1 aliphatic heterocycles. The molecule has 0 radical (unpaired) electrons. The number of carbonyl (C=O) groups excluding carboxylic acids is 2. The van der Waals surface area contributed by atoms with Crippen molar-refractivity contribution in [3.63, 3.8) is 0 Å². The lowest BCUT2D eigenvalue weighted by molar-refractivity contribution is -0.141. The molecule has 3 N–H and O–H groups in total. The summed E-state index contributed by atoms with van der Waals surface area (Å²) in [5.74, 6) is -1.52. The van der Waals surface area contributed by atoms with Crippen molar-refractivity contribution in [1.82, 2.24) is 10.6 Å². The molecule has 1 fully saturated rings. The monoisotopic (exact) mass is 338 g/mol. The minimum atomic E-state index is -1.14. The van der Waals surface area contributed by atoms with Crippen LogP contribution in [0.3, 0.4) is 0 Å². The highest BCUT2D eigenvalue weighted by Crippen LogP contribution is 2.22. The average Bonchev–Trinajstić information content (AvgIpc) is 3.09. The van der Waals surface area contributed by atoms with E-state index in [9.17, 15) is 14.4 Å². The molecule has 2 heterocycles. The molecule has 2 amide bonds. The quantitative estimate of drug-likeness (QED) is 0.500. The van der Waals surface area contributed by atoms with E-state index in [4.69, 9.17) is 9.52 Å². The normalized spacial score (nSPS) is 20.7. The van der Waals surface area contributed by atoms with Crippen LogP contribution < -0.4 is 10.6 Å². The first-order valence-electron chi connectivity index (χ1n) is 6.60. The molecular formula is C13H14N4O5S. The number of nitrogens with zero attached hydrogens (tertiary/aromatic N) is 2. The van der Waals surface area contributed by atoms with E-state index in [0.717, 1.165) is 11.8 Å². The lowest BCUT2D eigenvalue weighted by atomic mass is 10.2. The number of nitrogens with one attached hydrogen (secondary N) is 2. The van der Waals surface area contributed by atoms with Crippen LogP contribution in [0.15, 0.2) is 33.0 Å². The number of carboxylic acids is 1. The Balaban J connectivity index is 1.87. The number of carboxylic acid groups (broad SMARTS) is 1. The van der Waals surface area contributed by atoms with Crippen molar-refractivity contribution in [3.05, 3.63) is 24.2 Å². The van der Waals surface area contributed by atoms with Gasteiger partial charge in [-0.2, -0.15) is 5.10 Å². The van der Waals surface area contributed by atoms with E-state index in [1.165, 1.54) is 19.4 Å². The van der Waals surface area contributed by atoms with Gasteiger partial charge >= 0.3 is 5.97 Å². The summed E-state index contributed by atoms with van der Waals surface area (Å²) in [7, 11) is 0. The fraction of sp³-hybridized carbons (Fsp3) is 0.308. The number of thioether (sulfide) groups is 1. The van der Waals surface area contributed by atoms with E-state index in [1.54, 1.807) is 12.1 Å². The number of hydrogen-bond acceptors (Lipinski definition) is 7. The molecule has 10 heteroatoms. The van der Waals surface area contributed by atoms with Crippen molar-refractivity contribution in [2.24, 2.45) is 10.2 Å². The van der Waals surface area contributed by atoms with Crippen LogP contribution in [0.4, 0.5) is 0 Å². The summed E-state index contributed by atoms with van der Waals surface area (Å²) in [6.45, 7) is 1.35. The van der Waals surface area contributed by atoms with E-state index in [-0.39, 0.29) is 17.5 Å². The largest absolute Gasteiger partial charge is 0.480 e. The van der Waals surface area contributed by atoms with Gasteiger partial charge in [-0.3, -0.25) is 14.4 Å². The smallest absolute Gasteiger partial charge is 0.325 e. The SMILES string of the molecule is CC(NC(=O)CC1S/C(=N\N=C/c2ccco2)NC1=O)C(=O)O. The van der Waals surface area contributed by atoms with Crippen molar-refractivity contribution >= 4 is 40.9 Å². The minimum absolute atomic E-state index is 0.144. The lowest BCUT2D eigenvalue weighted by Gasteiger charge is -2.10. The molecule has 23 heavy (non-hydrogen) atoms. The summed E-state index contributed by atoms with van der Waals surface area (Å²) in [4.78, 5) is 34.1. The molecule has 1 aromatic rings. The highest BCUT2D eigenvalue weighted by Gasteiger charge is 2.32. The van der Waals surface area contributed by atoms with Gasteiger partial charge in [0, 0.05) is 6.42 Å². The first-order chi connectivity index (χ1) is 11.0. The Morgan fingerprint density at radius 3 is 3.04 bits per heavy atom. The van der Waals surface area contributed by atoms with E-state index in [2.05, 4.69) is 20.8 Å². The predicted octanol–water partition coefficient (Wildman–Crippen LogP) is 0.180. The van der Waals surface area contributed by atoms with Gasteiger partial charge < -0.3 is 20.2 Å². The van der Waals surface area contributed by atoms with E-state index >= 15 is 0 Å².